The maximum atomic E-state index is 10.2. The lowest BCUT2D eigenvalue weighted by molar-refractivity contribution is 0.393. The Bertz CT molecular complexity index is 576. The van der Waals surface area contributed by atoms with E-state index in [0.29, 0.717) is 5.75 Å². The Balaban J connectivity index is 2.16. The first-order chi connectivity index (χ1) is 8.75. The summed E-state index contributed by atoms with van der Waals surface area (Å²) in [6.07, 6.45) is 3.56. The molecule has 1 fully saturated rings. The quantitative estimate of drug-likeness (QED) is 0.830. The van der Waals surface area contributed by atoms with E-state index in [2.05, 4.69) is 33.4 Å². The number of rotatable bonds is 1. The van der Waals surface area contributed by atoms with Gasteiger partial charge in [0.15, 0.2) is 0 Å². The van der Waals surface area contributed by atoms with Gasteiger partial charge in [-0.15, -0.1) is 0 Å². The van der Waals surface area contributed by atoms with Crippen LogP contribution in [0.5, 0.6) is 5.75 Å². The van der Waals surface area contributed by atoms with Crippen molar-refractivity contribution in [1.29, 1.82) is 0 Å². The molecule has 0 radical (unpaired) electrons. The summed E-state index contributed by atoms with van der Waals surface area (Å²) < 4.78 is 1.07. The minimum absolute atomic E-state index is 0.281. The largest absolute Gasteiger partial charge is 0.508 e. The monoisotopic (exact) mass is 305 g/mol. The lowest BCUT2D eigenvalue weighted by Crippen LogP contribution is -2.27. The van der Waals surface area contributed by atoms with Crippen molar-refractivity contribution in [3.8, 4) is 5.75 Å². The Kier molecular flexibility index (Phi) is 3.27. The molecular formula is C15H16BrNO. The van der Waals surface area contributed by atoms with Crippen LogP contribution in [0.2, 0.25) is 0 Å². The van der Waals surface area contributed by atoms with Crippen molar-refractivity contribution in [3.05, 3.63) is 40.4 Å². The van der Waals surface area contributed by atoms with Crippen LogP contribution in [-0.2, 0) is 0 Å². The van der Waals surface area contributed by atoms with Gasteiger partial charge >= 0.3 is 0 Å². The molecule has 2 aromatic rings. The molecule has 18 heavy (non-hydrogen) atoms. The molecule has 1 saturated heterocycles. The fourth-order valence-electron chi connectivity index (χ4n) is 2.78. The first-order valence-electron chi connectivity index (χ1n) is 6.40. The van der Waals surface area contributed by atoms with Gasteiger partial charge in [0.05, 0.1) is 0 Å². The van der Waals surface area contributed by atoms with Gasteiger partial charge in [-0.3, -0.25) is 0 Å². The van der Waals surface area contributed by atoms with Crippen molar-refractivity contribution in [1.82, 2.24) is 5.32 Å². The molecule has 1 atom stereocenters. The number of aromatic hydroxyl groups is 1. The van der Waals surface area contributed by atoms with E-state index in [1.165, 1.54) is 18.2 Å². The van der Waals surface area contributed by atoms with Gasteiger partial charge in [-0.1, -0.05) is 34.5 Å². The van der Waals surface area contributed by atoms with E-state index in [0.717, 1.165) is 28.4 Å². The molecule has 0 saturated carbocycles. The van der Waals surface area contributed by atoms with Crippen molar-refractivity contribution in [2.24, 2.45) is 0 Å². The molecule has 0 spiro atoms. The topological polar surface area (TPSA) is 32.3 Å². The number of halogens is 1. The number of phenols is 1. The first kappa shape index (κ1) is 12.0. The van der Waals surface area contributed by atoms with E-state index >= 15 is 0 Å². The molecule has 0 aromatic heterocycles. The van der Waals surface area contributed by atoms with Crippen LogP contribution in [0.1, 0.15) is 30.9 Å². The first-order valence-corrected chi connectivity index (χ1v) is 7.19. The summed E-state index contributed by atoms with van der Waals surface area (Å²) in [7, 11) is 0. The molecule has 2 N–H and O–H groups in total. The molecule has 2 aromatic carbocycles. The number of nitrogens with one attached hydrogen (secondary N) is 1. The Labute approximate surface area is 115 Å². The van der Waals surface area contributed by atoms with Gasteiger partial charge in [0.25, 0.3) is 0 Å². The van der Waals surface area contributed by atoms with E-state index in [-0.39, 0.29) is 6.04 Å². The highest BCUT2D eigenvalue weighted by atomic mass is 79.9. The van der Waals surface area contributed by atoms with Crippen molar-refractivity contribution >= 4 is 26.7 Å². The Morgan fingerprint density at radius 1 is 1.17 bits per heavy atom. The van der Waals surface area contributed by atoms with Gasteiger partial charge < -0.3 is 10.4 Å². The van der Waals surface area contributed by atoms with Crippen molar-refractivity contribution in [2.75, 3.05) is 6.54 Å². The zero-order valence-corrected chi connectivity index (χ0v) is 11.7. The molecule has 0 amide bonds. The van der Waals surface area contributed by atoms with Gasteiger partial charge in [0, 0.05) is 16.1 Å². The number of hydrogen-bond donors (Lipinski definition) is 2. The van der Waals surface area contributed by atoms with Gasteiger partial charge in [-0.05, 0) is 48.4 Å². The number of hydrogen-bond acceptors (Lipinski definition) is 2. The summed E-state index contributed by atoms with van der Waals surface area (Å²) >= 11 is 3.49. The molecule has 3 heteroatoms. The standard InChI is InChI=1S/C15H16BrNO/c16-11-5-6-12-10(9-11)4-7-14(18)15(12)13-3-1-2-8-17-13/h4-7,9,13,17-18H,1-3,8H2. The van der Waals surface area contributed by atoms with Gasteiger partial charge in [0.2, 0.25) is 0 Å². The zero-order valence-electron chi connectivity index (χ0n) is 10.1. The summed E-state index contributed by atoms with van der Waals surface area (Å²) in [6.45, 7) is 1.04. The fraction of sp³-hybridized carbons (Fsp3) is 0.333. The van der Waals surface area contributed by atoms with Crippen LogP contribution in [0, 0.1) is 0 Å². The molecule has 1 aliphatic heterocycles. The maximum absolute atomic E-state index is 10.2. The third-order valence-electron chi connectivity index (χ3n) is 3.66. The zero-order chi connectivity index (χ0) is 12.5. The Morgan fingerprint density at radius 3 is 2.83 bits per heavy atom. The van der Waals surface area contributed by atoms with Crippen LogP contribution < -0.4 is 5.32 Å². The third kappa shape index (κ3) is 2.13. The highest BCUT2D eigenvalue weighted by molar-refractivity contribution is 9.10. The Hall–Kier alpha value is -1.06. The normalized spacial score (nSPS) is 20.2. The summed E-state index contributed by atoms with van der Waals surface area (Å²) in [5, 5.41) is 16.0. The average molecular weight is 306 g/mol. The second-order valence-corrected chi connectivity index (χ2v) is 5.78. The van der Waals surface area contributed by atoms with E-state index in [1.54, 1.807) is 6.07 Å². The molecule has 1 heterocycles. The average Bonchev–Trinajstić information content (AvgIpc) is 2.40. The predicted molar refractivity (Wildman–Crippen MR) is 77.9 cm³/mol. The van der Waals surface area contributed by atoms with E-state index in [4.69, 9.17) is 0 Å². The van der Waals surface area contributed by atoms with Crippen molar-refractivity contribution in [3.63, 3.8) is 0 Å². The number of benzene rings is 2. The van der Waals surface area contributed by atoms with Crippen molar-refractivity contribution < 1.29 is 5.11 Å². The molecule has 0 bridgehead atoms. The SMILES string of the molecule is Oc1ccc2cc(Br)ccc2c1C1CCCCN1. The highest BCUT2D eigenvalue weighted by Gasteiger charge is 2.20. The lowest BCUT2D eigenvalue weighted by atomic mass is 9.92. The van der Waals surface area contributed by atoms with Crippen LogP contribution in [0.25, 0.3) is 10.8 Å². The molecule has 94 valence electrons. The highest BCUT2D eigenvalue weighted by Crippen LogP contribution is 2.36. The van der Waals surface area contributed by atoms with E-state index in [1.807, 2.05) is 12.1 Å². The van der Waals surface area contributed by atoms with Crippen LogP contribution in [0.3, 0.4) is 0 Å². The minimum Gasteiger partial charge on any atom is -0.508 e. The van der Waals surface area contributed by atoms with Gasteiger partial charge in [-0.2, -0.15) is 0 Å². The van der Waals surface area contributed by atoms with Crippen LogP contribution in [-0.4, -0.2) is 11.7 Å². The van der Waals surface area contributed by atoms with Gasteiger partial charge in [-0.25, -0.2) is 0 Å². The van der Waals surface area contributed by atoms with Gasteiger partial charge in [0.1, 0.15) is 5.75 Å². The lowest BCUT2D eigenvalue weighted by Gasteiger charge is -2.25. The molecular weight excluding hydrogens is 290 g/mol. The number of piperidine rings is 1. The molecule has 1 aliphatic rings. The second kappa shape index (κ2) is 4.90. The maximum Gasteiger partial charge on any atom is 0.120 e. The van der Waals surface area contributed by atoms with Crippen LogP contribution in [0.4, 0.5) is 0 Å². The number of fused-ring (bicyclic) bond motifs is 1. The fourth-order valence-corrected chi connectivity index (χ4v) is 3.16. The minimum atomic E-state index is 0.281. The summed E-state index contributed by atoms with van der Waals surface area (Å²) in [4.78, 5) is 0. The van der Waals surface area contributed by atoms with E-state index < -0.39 is 0 Å². The number of phenolic OH excluding ortho intramolecular Hbond substituents is 1. The smallest absolute Gasteiger partial charge is 0.120 e. The molecule has 0 aliphatic carbocycles. The van der Waals surface area contributed by atoms with Crippen LogP contribution >= 0.6 is 15.9 Å². The summed E-state index contributed by atoms with van der Waals surface area (Å²) in [5.41, 5.74) is 1.06. The molecule has 2 nitrogen and oxygen atoms in total. The predicted octanol–water partition coefficient (Wildman–Crippen LogP) is 4.12. The third-order valence-corrected chi connectivity index (χ3v) is 4.15. The molecule has 1 unspecified atom stereocenters. The second-order valence-electron chi connectivity index (χ2n) is 4.87. The molecule has 3 rings (SSSR count). The van der Waals surface area contributed by atoms with Crippen molar-refractivity contribution in [2.45, 2.75) is 25.3 Å². The summed E-state index contributed by atoms with van der Waals surface area (Å²) in [5.74, 6) is 0.407. The van der Waals surface area contributed by atoms with Crippen LogP contribution in [0.15, 0.2) is 34.8 Å². The summed E-state index contributed by atoms with van der Waals surface area (Å²) in [6, 6.07) is 10.3. The van der Waals surface area contributed by atoms with E-state index in [9.17, 15) is 5.11 Å². The Morgan fingerprint density at radius 2 is 2.06 bits per heavy atom.